The molecule has 0 radical (unpaired) electrons. The van der Waals surface area contributed by atoms with Gasteiger partial charge in [-0.05, 0) is 71.5 Å². The summed E-state index contributed by atoms with van der Waals surface area (Å²) in [5.41, 5.74) is 1.33. The molecule has 0 saturated heterocycles. The van der Waals surface area contributed by atoms with Gasteiger partial charge in [-0.3, -0.25) is 0 Å². The molecule has 0 saturated carbocycles. The first kappa shape index (κ1) is 15.5. The molecular formula is C16H14INO3. The second-order valence-corrected chi connectivity index (χ2v) is 5.26. The van der Waals surface area contributed by atoms with Crippen molar-refractivity contribution in [2.75, 3.05) is 6.61 Å². The van der Waals surface area contributed by atoms with E-state index >= 15 is 0 Å². The zero-order valence-electron chi connectivity index (χ0n) is 11.5. The first-order valence-corrected chi connectivity index (χ1v) is 7.50. The van der Waals surface area contributed by atoms with Crippen molar-refractivity contribution < 1.29 is 14.4 Å². The van der Waals surface area contributed by atoms with E-state index in [2.05, 4.69) is 27.7 Å². The van der Waals surface area contributed by atoms with Gasteiger partial charge in [-0.1, -0.05) is 17.3 Å². The second kappa shape index (κ2) is 7.78. The maximum absolute atomic E-state index is 11.8. The maximum atomic E-state index is 11.8. The predicted octanol–water partition coefficient (Wildman–Crippen LogP) is 3.88. The molecule has 2 aromatic carbocycles. The largest absolute Gasteiger partial charge is 0.494 e. The van der Waals surface area contributed by atoms with Crippen LogP contribution in [0, 0.1) is 3.57 Å². The van der Waals surface area contributed by atoms with Crippen LogP contribution in [0.3, 0.4) is 0 Å². The lowest BCUT2D eigenvalue weighted by Crippen LogP contribution is -2.03. The van der Waals surface area contributed by atoms with Gasteiger partial charge < -0.3 is 9.57 Å². The number of hydrogen-bond donors (Lipinski definition) is 0. The van der Waals surface area contributed by atoms with Crippen molar-refractivity contribution in [3.63, 3.8) is 0 Å². The highest BCUT2D eigenvalue weighted by atomic mass is 127. The molecule has 21 heavy (non-hydrogen) atoms. The summed E-state index contributed by atoms with van der Waals surface area (Å²) in [6.07, 6.45) is 1.49. The topological polar surface area (TPSA) is 47.9 Å². The van der Waals surface area contributed by atoms with Crippen molar-refractivity contribution >= 4 is 34.8 Å². The Hall–Kier alpha value is -1.89. The molecule has 0 bridgehead atoms. The van der Waals surface area contributed by atoms with Gasteiger partial charge in [0, 0.05) is 3.57 Å². The Labute approximate surface area is 136 Å². The Morgan fingerprint density at radius 2 is 1.90 bits per heavy atom. The van der Waals surface area contributed by atoms with Crippen molar-refractivity contribution in [3.05, 3.63) is 63.2 Å². The minimum atomic E-state index is -0.470. The number of benzene rings is 2. The maximum Gasteiger partial charge on any atom is 0.366 e. The smallest absolute Gasteiger partial charge is 0.366 e. The van der Waals surface area contributed by atoms with Gasteiger partial charge in [0.2, 0.25) is 0 Å². The molecule has 0 fully saturated rings. The van der Waals surface area contributed by atoms with Crippen LogP contribution in [0.4, 0.5) is 0 Å². The van der Waals surface area contributed by atoms with E-state index in [9.17, 15) is 4.79 Å². The summed E-state index contributed by atoms with van der Waals surface area (Å²) in [4.78, 5) is 16.7. The summed E-state index contributed by atoms with van der Waals surface area (Å²) < 4.78 is 6.17. The highest BCUT2D eigenvalue weighted by molar-refractivity contribution is 14.1. The summed E-state index contributed by atoms with van der Waals surface area (Å²) in [5, 5.41) is 3.72. The lowest BCUT2D eigenvalue weighted by Gasteiger charge is -2.02. The van der Waals surface area contributed by atoms with Crippen LogP contribution in [0.15, 0.2) is 53.7 Å². The van der Waals surface area contributed by atoms with Gasteiger partial charge in [0.1, 0.15) is 5.75 Å². The third kappa shape index (κ3) is 4.56. The van der Waals surface area contributed by atoms with Crippen molar-refractivity contribution in [1.82, 2.24) is 0 Å². The highest BCUT2D eigenvalue weighted by Crippen LogP contribution is 2.13. The summed E-state index contributed by atoms with van der Waals surface area (Å²) in [7, 11) is 0. The van der Waals surface area contributed by atoms with Crippen LogP contribution >= 0.6 is 22.6 Å². The van der Waals surface area contributed by atoms with E-state index in [1.807, 2.05) is 43.3 Å². The Bertz CT molecular complexity index is 638. The fourth-order valence-electron chi connectivity index (χ4n) is 1.63. The van der Waals surface area contributed by atoms with Crippen molar-refractivity contribution in [1.29, 1.82) is 0 Å². The van der Waals surface area contributed by atoms with Crippen molar-refractivity contribution in [3.8, 4) is 5.75 Å². The van der Waals surface area contributed by atoms with Crippen molar-refractivity contribution in [2.45, 2.75) is 6.92 Å². The summed E-state index contributed by atoms with van der Waals surface area (Å²) in [6, 6.07) is 14.6. The molecule has 0 N–H and O–H groups in total. The molecule has 0 aliphatic rings. The van der Waals surface area contributed by atoms with Crippen LogP contribution in [0.1, 0.15) is 22.8 Å². The molecule has 0 aromatic heterocycles. The molecule has 0 amide bonds. The molecule has 0 aliphatic carbocycles. The van der Waals surface area contributed by atoms with E-state index in [4.69, 9.17) is 9.57 Å². The molecule has 4 nitrogen and oxygen atoms in total. The van der Waals surface area contributed by atoms with Gasteiger partial charge >= 0.3 is 5.97 Å². The van der Waals surface area contributed by atoms with Crippen LogP contribution in [-0.2, 0) is 4.84 Å². The third-order valence-corrected chi connectivity index (χ3v) is 3.56. The van der Waals surface area contributed by atoms with Crippen molar-refractivity contribution in [2.24, 2.45) is 5.16 Å². The SMILES string of the molecule is CCOc1ccc(/C=N\OC(=O)c2ccccc2I)cc1. The fraction of sp³-hybridized carbons (Fsp3) is 0.125. The van der Waals surface area contributed by atoms with Gasteiger partial charge in [-0.2, -0.15) is 0 Å². The monoisotopic (exact) mass is 395 g/mol. The minimum Gasteiger partial charge on any atom is -0.494 e. The van der Waals surface area contributed by atoms with E-state index in [1.165, 1.54) is 6.21 Å². The Kier molecular flexibility index (Phi) is 5.74. The number of carbonyl (C=O) groups excluding carboxylic acids is 1. The summed E-state index contributed by atoms with van der Waals surface area (Å²) in [6.45, 7) is 2.56. The van der Waals surface area contributed by atoms with Gasteiger partial charge in [0.05, 0.1) is 18.4 Å². The van der Waals surface area contributed by atoms with Crippen LogP contribution in [0.25, 0.3) is 0 Å². The minimum absolute atomic E-state index is 0.470. The molecule has 0 spiro atoms. The molecular weight excluding hydrogens is 381 g/mol. The zero-order valence-corrected chi connectivity index (χ0v) is 13.6. The zero-order chi connectivity index (χ0) is 15.1. The first-order valence-electron chi connectivity index (χ1n) is 6.43. The normalized spacial score (nSPS) is 10.6. The summed E-state index contributed by atoms with van der Waals surface area (Å²) >= 11 is 2.08. The second-order valence-electron chi connectivity index (χ2n) is 4.10. The lowest BCUT2D eigenvalue weighted by molar-refractivity contribution is 0.0518. The molecule has 0 aliphatic heterocycles. The van der Waals surface area contributed by atoms with E-state index in [0.29, 0.717) is 12.2 Å². The fourth-order valence-corrected chi connectivity index (χ4v) is 2.24. The molecule has 2 rings (SSSR count). The number of halogens is 1. The number of nitrogens with zero attached hydrogens (tertiary/aromatic N) is 1. The third-order valence-electron chi connectivity index (χ3n) is 2.62. The van der Waals surface area contributed by atoms with E-state index in [-0.39, 0.29) is 0 Å². The number of rotatable bonds is 5. The first-order chi connectivity index (χ1) is 10.2. The van der Waals surface area contributed by atoms with Crippen LogP contribution in [0.5, 0.6) is 5.75 Å². The van der Waals surface area contributed by atoms with Gasteiger partial charge in [0.15, 0.2) is 0 Å². The van der Waals surface area contributed by atoms with E-state index in [0.717, 1.165) is 14.9 Å². The average Bonchev–Trinajstić information content (AvgIpc) is 2.49. The standard InChI is InChI=1S/C16H14INO3/c1-2-20-13-9-7-12(8-10-13)11-18-21-16(19)14-5-3-4-6-15(14)17/h3-11H,2H2,1H3/b18-11-. The summed E-state index contributed by atoms with van der Waals surface area (Å²) in [5.74, 6) is 0.327. The number of hydrogen-bond acceptors (Lipinski definition) is 4. The Balaban J connectivity index is 1.96. The van der Waals surface area contributed by atoms with Gasteiger partial charge in [0.25, 0.3) is 0 Å². The molecule has 0 unspecified atom stereocenters. The Morgan fingerprint density at radius 3 is 2.57 bits per heavy atom. The molecule has 0 atom stereocenters. The number of oxime groups is 1. The van der Waals surface area contributed by atoms with Crippen LogP contribution in [-0.4, -0.2) is 18.8 Å². The van der Waals surface area contributed by atoms with E-state index < -0.39 is 5.97 Å². The van der Waals surface area contributed by atoms with Gasteiger partial charge in [-0.15, -0.1) is 0 Å². The molecule has 108 valence electrons. The van der Waals surface area contributed by atoms with Crippen LogP contribution in [0.2, 0.25) is 0 Å². The Morgan fingerprint density at radius 1 is 1.19 bits per heavy atom. The molecule has 5 heteroatoms. The number of carbonyl (C=O) groups is 1. The quantitative estimate of drug-likeness (QED) is 0.334. The number of ether oxygens (including phenoxy) is 1. The average molecular weight is 395 g/mol. The molecule has 2 aromatic rings. The lowest BCUT2D eigenvalue weighted by atomic mass is 10.2. The highest BCUT2D eigenvalue weighted by Gasteiger charge is 2.09. The molecule has 0 heterocycles. The van der Waals surface area contributed by atoms with Gasteiger partial charge in [-0.25, -0.2) is 4.79 Å². The van der Waals surface area contributed by atoms with Crippen LogP contribution < -0.4 is 4.74 Å². The van der Waals surface area contributed by atoms with E-state index in [1.54, 1.807) is 12.1 Å². The predicted molar refractivity (Wildman–Crippen MR) is 89.8 cm³/mol.